The minimum atomic E-state index is -2.71. The number of rotatable bonds is 0. The van der Waals surface area contributed by atoms with Crippen molar-refractivity contribution >= 4 is 17.5 Å². The van der Waals surface area contributed by atoms with Crippen molar-refractivity contribution in [3.05, 3.63) is 0 Å². The minimum Gasteiger partial charge on any atom is -0.298 e. The molecule has 0 radical (unpaired) electrons. The van der Waals surface area contributed by atoms with Gasteiger partial charge in [0.05, 0.1) is 0 Å². The monoisotopic (exact) mass is 206 g/mol. The van der Waals surface area contributed by atoms with E-state index < -0.39 is 20.8 Å². The van der Waals surface area contributed by atoms with E-state index in [1.165, 1.54) is 0 Å². The molecule has 1 heterocycles. The minimum absolute atomic E-state index is 0.0512. The third-order valence-electron chi connectivity index (χ3n) is 3.55. The average Bonchev–Trinajstić information content (AvgIpc) is 2.55. The molecule has 0 atom stereocenters. The summed E-state index contributed by atoms with van der Waals surface area (Å²) in [6, 6.07) is 0. The molecule has 1 saturated heterocycles. The largest absolute Gasteiger partial charge is 0.311 e. The topological polar surface area (TPSA) is 17.1 Å². The van der Waals surface area contributed by atoms with Crippen molar-refractivity contribution in [2.24, 2.45) is 10.8 Å². The number of carbonyl (C=O) groups is 1. The highest BCUT2D eigenvalue weighted by Crippen LogP contribution is 2.85. The lowest BCUT2D eigenvalue weighted by atomic mass is 9.47. The van der Waals surface area contributed by atoms with Crippen molar-refractivity contribution in [3.8, 4) is 0 Å². The predicted octanol–water partition coefficient (Wildman–Crippen LogP) is 2.70. The van der Waals surface area contributed by atoms with Crippen LogP contribution in [0.2, 0.25) is 0 Å². The van der Waals surface area contributed by atoms with E-state index in [-0.39, 0.29) is 5.78 Å². The van der Waals surface area contributed by atoms with Gasteiger partial charge in [-0.05, 0) is 0 Å². The Balaban J connectivity index is 2.47. The van der Waals surface area contributed by atoms with Gasteiger partial charge in [-0.25, -0.2) is 0 Å². The summed E-state index contributed by atoms with van der Waals surface area (Å²) >= 11 is 0.646. The van der Waals surface area contributed by atoms with Crippen molar-refractivity contribution in [2.75, 3.05) is 0 Å². The maximum absolute atomic E-state index is 13.2. The SMILES string of the molecule is CC1(C)C(=O)C(C)(C)C12SC2(F)F. The highest BCUT2D eigenvalue weighted by atomic mass is 32.2. The van der Waals surface area contributed by atoms with Gasteiger partial charge in [-0.1, -0.05) is 39.5 Å². The fraction of sp³-hybridized carbons (Fsp3) is 0.889. The van der Waals surface area contributed by atoms with Crippen LogP contribution in [0.1, 0.15) is 27.7 Å². The molecule has 0 bridgehead atoms. The van der Waals surface area contributed by atoms with Gasteiger partial charge in [0, 0.05) is 10.8 Å². The zero-order valence-electron chi connectivity index (χ0n) is 8.07. The Labute approximate surface area is 80.3 Å². The number of hydrogen-bond acceptors (Lipinski definition) is 2. The third kappa shape index (κ3) is 0.631. The summed E-state index contributed by atoms with van der Waals surface area (Å²) in [6.45, 7) is 6.48. The van der Waals surface area contributed by atoms with Crippen LogP contribution in [0.5, 0.6) is 0 Å². The number of hydrogen-bond donors (Lipinski definition) is 0. The Bertz CT molecular complexity index is 289. The first-order valence-electron chi connectivity index (χ1n) is 4.24. The van der Waals surface area contributed by atoms with Crippen LogP contribution in [-0.2, 0) is 4.79 Å². The van der Waals surface area contributed by atoms with Gasteiger partial charge in [0.2, 0.25) is 0 Å². The highest BCUT2D eigenvalue weighted by Gasteiger charge is 2.93. The van der Waals surface area contributed by atoms with Crippen LogP contribution in [0.3, 0.4) is 0 Å². The summed E-state index contributed by atoms with van der Waals surface area (Å²) in [5.74, 6) is -0.0512. The van der Waals surface area contributed by atoms with E-state index in [4.69, 9.17) is 0 Å². The van der Waals surface area contributed by atoms with Crippen molar-refractivity contribution in [2.45, 2.75) is 37.7 Å². The lowest BCUT2D eigenvalue weighted by molar-refractivity contribution is -0.167. The number of Topliss-reactive ketones (excluding diaryl/α,β-unsaturated/α-hetero) is 1. The molecule has 4 heteroatoms. The van der Waals surface area contributed by atoms with E-state index in [9.17, 15) is 13.6 Å². The standard InChI is InChI=1S/C9H12F2OS/c1-6(2)5(12)7(3,4)8(6)9(10,11)13-8/h1-4H3. The van der Waals surface area contributed by atoms with Gasteiger partial charge >= 0.3 is 5.25 Å². The maximum atomic E-state index is 13.2. The van der Waals surface area contributed by atoms with Gasteiger partial charge < -0.3 is 0 Å². The fourth-order valence-corrected chi connectivity index (χ4v) is 4.51. The first-order chi connectivity index (χ1) is 5.61. The normalized spacial score (nSPS) is 35.7. The average molecular weight is 206 g/mol. The van der Waals surface area contributed by atoms with Gasteiger partial charge in [-0.15, -0.1) is 0 Å². The van der Waals surface area contributed by atoms with E-state index in [1.807, 2.05) is 0 Å². The van der Waals surface area contributed by atoms with E-state index >= 15 is 0 Å². The molecule has 1 saturated carbocycles. The molecule has 2 rings (SSSR count). The highest BCUT2D eigenvalue weighted by molar-refractivity contribution is 8.09. The molecule has 2 aliphatic rings. The molecule has 0 aromatic carbocycles. The number of carbonyl (C=O) groups excluding carboxylic acids is 1. The van der Waals surface area contributed by atoms with Crippen molar-refractivity contribution < 1.29 is 13.6 Å². The van der Waals surface area contributed by atoms with Gasteiger partial charge in [0.15, 0.2) is 0 Å². The quantitative estimate of drug-likeness (QED) is 0.567. The van der Waals surface area contributed by atoms with Crippen molar-refractivity contribution in [1.29, 1.82) is 0 Å². The first-order valence-corrected chi connectivity index (χ1v) is 5.06. The van der Waals surface area contributed by atoms with Crippen LogP contribution in [0.25, 0.3) is 0 Å². The molecule has 0 N–H and O–H groups in total. The second-order valence-corrected chi connectivity index (χ2v) is 6.21. The van der Waals surface area contributed by atoms with Gasteiger partial charge in [-0.2, -0.15) is 8.78 Å². The molecule has 0 aromatic heterocycles. The Morgan fingerprint density at radius 1 is 1.08 bits per heavy atom. The summed E-state index contributed by atoms with van der Waals surface area (Å²) in [5.41, 5.74) is -1.74. The number of alkyl halides is 2. The first kappa shape index (κ1) is 9.44. The van der Waals surface area contributed by atoms with E-state index in [2.05, 4.69) is 0 Å². The molecule has 13 heavy (non-hydrogen) atoms. The smallest absolute Gasteiger partial charge is 0.298 e. The molecule has 0 unspecified atom stereocenters. The Morgan fingerprint density at radius 3 is 1.54 bits per heavy atom. The van der Waals surface area contributed by atoms with Gasteiger partial charge in [0.1, 0.15) is 10.5 Å². The van der Waals surface area contributed by atoms with Gasteiger partial charge in [0.25, 0.3) is 0 Å². The van der Waals surface area contributed by atoms with E-state index in [0.717, 1.165) is 0 Å². The Kier molecular flexibility index (Phi) is 1.31. The molecule has 74 valence electrons. The van der Waals surface area contributed by atoms with Crippen LogP contribution in [0.4, 0.5) is 8.78 Å². The van der Waals surface area contributed by atoms with Crippen molar-refractivity contribution in [3.63, 3.8) is 0 Å². The molecule has 1 aliphatic heterocycles. The molecule has 0 amide bonds. The number of halogens is 2. The molecular weight excluding hydrogens is 194 g/mol. The predicted molar refractivity (Wildman–Crippen MR) is 47.8 cm³/mol. The summed E-state index contributed by atoms with van der Waals surface area (Å²) < 4.78 is 25.3. The Hall–Kier alpha value is -0.120. The zero-order chi connectivity index (χ0) is 10.3. The molecule has 0 aromatic rings. The summed E-state index contributed by atoms with van der Waals surface area (Å²) in [5, 5.41) is -2.71. The maximum Gasteiger partial charge on any atom is 0.311 e. The zero-order valence-corrected chi connectivity index (χ0v) is 8.89. The van der Waals surface area contributed by atoms with Crippen LogP contribution < -0.4 is 0 Å². The second kappa shape index (κ2) is 1.81. The Morgan fingerprint density at radius 2 is 1.38 bits per heavy atom. The molecule has 1 aliphatic carbocycles. The summed E-state index contributed by atoms with van der Waals surface area (Å²) in [6.07, 6.45) is 0. The van der Waals surface area contributed by atoms with Crippen LogP contribution >= 0.6 is 11.8 Å². The van der Waals surface area contributed by atoms with Crippen LogP contribution in [-0.4, -0.2) is 15.8 Å². The number of ketones is 1. The number of thioether (sulfide) groups is 1. The lowest BCUT2D eigenvalue weighted by Crippen LogP contribution is -2.68. The van der Waals surface area contributed by atoms with Gasteiger partial charge in [-0.3, -0.25) is 4.79 Å². The van der Waals surface area contributed by atoms with Crippen LogP contribution in [0.15, 0.2) is 0 Å². The summed E-state index contributed by atoms with van der Waals surface area (Å²) in [4.78, 5) is 11.6. The second-order valence-electron chi connectivity index (χ2n) is 4.88. The van der Waals surface area contributed by atoms with E-state index in [1.54, 1.807) is 27.7 Å². The summed E-state index contributed by atoms with van der Waals surface area (Å²) in [7, 11) is 0. The van der Waals surface area contributed by atoms with Crippen molar-refractivity contribution in [1.82, 2.24) is 0 Å². The fourth-order valence-electron chi connectivity index (χ4n) is 2.97. The lowest BCUT2D eigenvalue weighted by Gasteiger charge is -2.54. The third-order valence-corrected chi connectivity index (χ3v) is 5.49. The molecule has 1 spiro atoms. The molecule has 1 nitrogen and oxygen atoms in total. The molecular formula is C9H12F2OS. The van der Waals surface area contributed by atoms with E-state index in [0.29, 0.717) is 11.8 Å². The molecule has 2 fully saturated rings. The van der Waals surface area contributed by atoms with Crippen LogP contribution in [0, 0.1) is 10.8 Å².